The molecular formula is C14H17N5OS2. The van der Waals surface area contributed by atoms with E-state index in [1.807, 2.05) is 11.0 Å². The van der Waals surface area contributed by atoms with Crippen molar-refractivity contribution in [2.45, 2.75) is 24.0 Å². The molecule has 0 radical (unpaired) electrons. The Morgan fingerprint density at radius 3 is 2.86 bits per heavy atom. The van der Waals surface area contributed by atoms with Gasteiger partial charge in [0.05, 0.1) is 11.8 Å². The zero-order valence-electron chi connectivity index (χ0n) is 11.9. The molecule has 1 aliphatic rings. The molecule has 8 heteroatoms. The van der Waals surface area contributed by atoms with Crippen LogP contribution in [0.25, 0.3) is 0 Å². The van der Waals surface area contributed by atoms with Gasteiger partial charge in [0, 0.05) is 17.5 Å². The van der Waals surface area contributed by atoms with Crippen LogP contribution >= 0.6 is 23.1 Å². The Balaban J connectivity index is 1.64. The van der Waals surface area contributed by atoms with E-state index in [2.05, 4.69) is 21.4 Å². The van der Waals surface area contributed by atoms with Crippen LogP contribution < -0.4 is 11.5 Å². The smallest absolute Gasteiger partial charge is 0.233 e. The number of hydrogen-bond donors (Lipinski definition) is 2. The van der Waals surface area contributed by atoms with Gasteiger partial charge >= 0.3 is 0 Å². The van der Waals surface area contributed by atoms with Crippen molar-refractivity contribution in [1.29, 1.82) is 0 Å². The summed E-state index contributed by atoms with van der Waals surface area (Å²) in [5.74, 6) is 1.04. The Bertz CT molecular complexity index is 641. The molecule has 0 bridgehead atoms. The topological polar surface area (TPSA) is 98.1 Å². The Hall–Kier alpha value is -1.80. The Labute approximate surface area is 136 Å². The van der Waals surface area contributed by atoms with Gasteiger partial charge in [0.1, 0.15) is 11.6 Å². The van der Waals surface area contributed by atoms with E-state index in [1.165, 1.54) is 22.7 Å². The van der Waals surface area contributed by atoms with Crippen LogP contribution in [0.1, 0.15) is 23.8 Å². The average Bonchev–Trinajstić information content (AvgIpc) is 3.13. The lowest BCUT2D eigenvalue weighted by Crippen LogP contribution is -2.31. The van der Waals surface area contributed by atoms with Gasteiger partial charge in [0.25, 0.3) is 0 Å². The Kier molecular flexibility index (Phi) is 4.49. The van der Waals surface area contributed by atoms with Crippen LogP contribution in [0, 0.1) is 0 Å². The molecule has 1 fully saturated rings. The normalized spacial score (nSPS) is 17.8. The third-order valence-corrected chi connectivity index (χ3v) is 5.32. The lowest BCUT2D eigenvalue weighted by Gasteiger charge is -2.23. The van der Waals surface area contributed by atoms with Crippen LogP contribution in [0.3, 0.4) is 0 Å². The number of carbonyl (C=O) groups excluding carboxylic acids is 1. The summed E-state index contributed by atoms with van der Waals surface area (Å²) in [5, 5.41) is 2.49. The third-order valence-electron chi connectivity index (χ3n) is 3.51. The van der Waals surface area contributed by atoms with Crippen LogP contribution in [-0.4, -0.2) is 33.1 Å². The van der Waals surface area contributed by atoms with Crippen LogP contribution in [0.4, 0.5) is 11.6 Å². The molecule has 1 unspecified atom stereocenters. The molecule has 2 aromatic rings. The van der Waals surface area contributed by atoms with E-state index >= 15 is 0 Å². The lowest BCUT2D eigenvalue weighted by atomic mass is 10.2. The van der Waals surface area contributed by atoms with E-state index in [4.69, 9.17) is 11.5 Å². The maximum atomic E-state index is 12.5. The van der Waals surface area contributed by atoms with E-state index in [-0.39, 0.29) is 11.9 Å². The van der Waals surface area contributed by atoms with E-state index in [1.54, 1.807) is 11.3 Å². The minimum absolute atomic E-state index is 0.102. The molecule has 3 rings (SSSR count). The SMILES string of the molecule is Nc1cc(N)nc(SCC(=O)N2CCCC2c2cccs2)n1. The molecule has 1 saturated heterocycles. The molecule has 1 amide bonds. The zero-order chi connectivity index (χ0) is 15.5. The van der Waals surface area contributed by atoms with Crippen molar-refractivity contribution in [2.24, 2.45) is 0 Å². The quantitative estimate of drug-likeness (QED) is 0.656. The summed E-state index contributed by atoms with van der Waals surface area (Å²) in [6.45, 7) is 0.807. The van der Waals surface area contributed by atoms with Gasteiger partial charge < -0.3 is 16.4 Å². The summed E-state index contributed by atoms with van der Waals surface area (Å²) in [6.07, 6.45) is 2.07. The van der Waals surface area contributed by atoms with E-state index in [0.29, 0.717) is 22.5 Å². The summed E-state index contributed by atoms with van der Waals surface area (Å²) in [7, 11) is 0. The molecule has 3 heterocycles. The van der Waals surface area contributed by atoms with Gasteiger partial charge in [-0.05, 0) is 24.3 Å². The first-order valence-corrected chi connectivity index (χ1v) is 8.85. The van der Waals surface area contributed by atoms with Gasteiger partial charge in [-0.2, -0.15) is 0 Å². The summed E-state index contributed by atoms with van der Waals surface area (Å²) >= 11 is 2.97. The summed E-state index contributed by atoms with van der Waals surface area (Å²) in [5.41, 5.74) is 11.3. The highest BCUT2D eigenvalue weighted by Crippen LogP contribution is 2.35. The van der Waals surface area contributed by atoms with Crippen molar-refractivity contribution < 1.29 is 4.79 Å². The molecule has 1 aliphatic heterocycles. The van der Waals surface area contributed by atoms with E-state index in [9.17, 15) is 4.79 Å². The molecule has 4 N–H and O–H groups in total. The first-order chi connectivity index (χ1) is 10.6. The fourth-order valence-electron chi connectivity index (χ4n) is 2.58. The molecule has 22 heavy (non-hydrogen) atoms. The van der Waals surface area contributed by atoms with Crippen LogP contribution in [0.15, 0.2) is 28.7 Å². The average molecular weight is 335 g/mol. The number of nitrogen functional groups attached to an aromatic ring is 2. The molecule has 0 spiro atoms. The van der Waals surface area contributed by atoms with Crippen molar-refractivity contribution in [2.75, 3.05) is 23.8 Å². The molecule has 6 nitrogen and oxygen atoms in total. The number of hydrogen-bond acceptors (Lipinski definition) is 7. The Morgan fingerprint density at radius 2 is 2.18 bits per heavy atom. The highest BCUT2D eigenvalue weighted by Gasteiger charge is 2.30. The number of thioether (sulfide) groups is 1. The molecular weight excluding hydrogens is 318 g/mol. The van der Waals surface area contributed by atoms with E-state index in [0.717, 1.165) is 19.4 Å². The summed E-state index contributed by atoms with van der Waals surface area (Å²) < 4.78 is 0. The first-order valence-electron chi connectivity index (χ1n) is 6.99. The van der Waals surface area contributed by atoms with Crippen molar-refractivity contribution >= 4 is 40.6 Å². The monoisotopic (exact) mass is 335 g/mol. The van der Waals surface area contributed by atoms with Gasteiger partial charge in [-0.25, -0.2) is 9.97 Å². The number of anilines is 2. The fourth-order valence-corrected chi connectivity index (χ4v) is 4.21. The Morgan fingerprint density at radius 1 is 1.41 bits per heavy atom. The number of rotatable bonds is 4. The van der Waals surface area contributed by atoms with Crippen molar-refractivity contribution in [3.8, 4) is 0 Å². The minimum Gasteiger partial charge on any atom is -0.383 e. The minimum atomic E-state index is 0.102. The van der Waals surface area contributed by atoms with Crippen LogP contribution in [0.2, 0.25) is 0 Å². The molecule has 0 saturated carbocycles. The highest BCUT2D eigenvalue weighted by atomic mass is 32.2. The van der Waals surface area contributed by atoms with Gasteiger partial charge in [-0.1, -0.05) is 17.8 Å². The number of nitrogens with two attached hydrogens (primary N) is 2. The summed E-state index contributed by atoms with van der Waals surface area (Å²) in [6, 6.07) is 5.83. The third kappa shape index (κ3) is 3.33. The van der Waals surface area contributed by atoms with Crippen LogP contribution in [-0.2, 0) is 4.79 Å². The molecule has 2 aromatic heterocycles. The second kappa shape index (κ2) is 6.53. The zero-order valence-corrected chi connectivity index (χ0v) is 13.6. The van der Waals surface area contributed by atoms with Crippen molar-refractivity contribution in [1.82, 2.24) is 14.9 Å². The summed E-state index contributed by atoms with van der Waals surface area (Å²) in [4.78, 5) is 23.9. The standard InChI is InChI=1S/C14H17N5OS2/c15-11-7-12(16)18-14(17-11)22-8-13(20)19-5-1-3-9(19)10-4-2-6-21-10/h2,4,6-7,9H,1,3,5,8H2,(H4,15,16,17,18). The lowest BCUT2D eigenvalue weighted by molar-refractivity contribution is -0.129. The first kappa shape index (κ1) is 15.1. The van der Waals surface area contributed by atoms with Gasteiger partial charge in [0.2, 0.25) is 5.91 Å². The molecule has 0 aliphatic carbocycles. The number of aromatic nitrogens is 2. The van der Waals surface area contributed by atoms with Gasteiger partial charge in [-0.15, -0.1) is 11.3 Å². The maximum absolute atomic E-state index is 12.5. The molecule has 0 aromatic carbocycles. The predicted molar refractivity (Wildman–Crippen MR) is 89.6 cm³/mol. The van der Waals surface area contributed by atoms with Gasteiger partial charge in [0.15, 0.2) is 5.16 Å². The van der Waals surface area contributed by atoms with Crippen molar-refractivity contribution in [3.63, 3.8) is 0 Å². The van der Waals surface area contributed by atoms with Gasteiger partial charge in [-0.3, -0.25) is 4.79 Å². The van der Waals surface area contributed by atoms with Crippen molar-refractivity contribution in [3.05, 3.63) is 28.5 Å². The molecule has 1 atom stereocenters. The second-order valence-electron chi connectivity index (χ2n) is 5.05. The number of nitrogens with zero attached hydrogens (tertiary/aromatic N) is 3. The van der Waals surface area contributed by atoms with E-state index < -0.39 is 0 Å². The maximum Gasteiger partial charge on any atom is 0.233 e. The van der Waals surface area contributed by atoms with Crippen LogP contribution in [0.5, 0.6) is 0 Å². The fraction of sp³-hybridized carbons (Fsp3) is 0.357. The number of likely N-dealkylation sites (tertiary alicyclic amines) is 1. The number of amides is 1. The number of thiophene rings is 1. The molecule has 116 valence electrons. The number of carbonyl (C=O) groups is 1. The largest absolute Gasteiger partial charge is 0.383 e. The predicted octanol–water partition coefficient (Wildman–Crippen LogP) is 2.16. The highest BCUT2D eigenvalue weighted by molar-refractivity contribution is 7.99. The second-order valence-corrected chi connectivity index (χ2v) is 6.97.